The molecule has 0 radical (unpaired) electrons. The van der Waals surface area contributed by atoms with Gasteiger partial charge in [-0.1, -0.05) is 17.7 Å². The fourth-order valence-electron chi connectivity index (χ4n) is 2.69. The van der Waals surface area contributed by atoms with E-state index in [1.165, 1.54) is 24.2 Å². The number of thioether (sulfide) groups is 1. The minimum absolute atomic E-state index is 0.334. The average Bonchev–Trinajstić information content (AvgIpc) is 2.85. The molecule has 1 saturated heterocycles. The van der Waals surface area contributed by atoms with E-state index in [1.807, 2.05) is 30.8 Å². The zero-order chi connectivity index (χ0) is 15.3. The van der Waals surface area contributed by atoms with Gasteiger partial charge in [0.05, 0.1) is 0 Å². The highest BCUT2D eigenvalue weighted by molar-refractivity contribution is 8.00. The molecule has 0 bridgehead atoms. The maximum absolute atomic E-state index is 10.0. The number of benzene rings is 1. The van der Waals surface area contributed by atoms with Gasteiger partial charge in [0.2, 0.25) is 0 Å². The van der Waals surface area contributed by atoms with Crippen molar-refractivity contribution in [3.8, 4) is 5.75 Å². The Hall–Kier alpha value is -0.710. The first kappa shape index (κ1) is 16.7. The van der Waals surface area contributed by atoms with Crippen LogP contribution in [0.15, 0.2) is 18.2 Å². The number of ether oxygens (including phenoxy) is 1. The van der Waals surface area contributed by atoms with Crippen molar-refractivity contribution in [3.05, 3.63) is 29.3 Å². The van der Waals surface area contributed by atoms with Crippen molar-refractivity contribution >= 4 is 11.8 Å². The maximum Gasteiger partial charge on any atom is 0.122 e. The van der Waals surface area contributed by atoms with E-state index in [9.17, 15) is 5.11 Å². The van der Waals surface area contributed by atoms with Gasteiger partial charge in [0.1, 0.15) is 18.5 Å². The highest BCUT2D eigenvalue weighted by Crippen LogP contribution is 2.36. The van der Waals surface area contributed by atoms with Gasteiger partial charge >= 0.3 is 0 Å². The zero-order valence-corrected chi connectivity index (χ0v) is 14.1. The van der Waals surface area contributed by atoms with Crippen molar-refractivity contribution in [1.82, 2.24) is 5.32 Å². The minimum atomic E-state index is -0.472. The minimum Gasteiger partial charge on any atom is -0.491 e. The molecule has 0 spiro atoms. The van der Waals surface area contributed by atoms with Crippen LogP contribution in [-0.2, 0) is 0 Å². The number of hydrogen-bond donors (Lipinski definition) is 2. The Morgan fingerprint density at radius 2 is 2.24 bits per heavy atom. The second kappa shape index (κ2) is 7.52. The van der Waals surface area contributed by atoms with Gasteiger partial charge in [-0.05, 0) is 51.0 Å². The standard InChI is InChI=1S/C17H27NO2S/c1-13-5-6-16(14(2)9-13)20-11-15(19)10-18-12-17(3)7-4-8-21-17/h5-6,9,15,18-19H,4,7-8,10-12H2,1-3H3. The largest absolute Gasteiger partial charge is 0.491 e. The Labute approximate surface area is 132 Å². The molecular weight excluding hydrogens is 282 g/mol. The monoisotopic (exact) mass is 309 g/mol. The van der Waals surface area contributed by atoms with Crippen LogP contribution in [0.4, 0.5) is 0 Å². The van der Waals surface area contributed by atoms with Gasteiger partial charge in [0.25, 0.3) is 0 Å². The van der Waals surface area contributed by atoms with Crippen LogP contribution in [0.2, 0.25) is 0 Å². The third kappa shape index (κ3) is 5.20. The molecule has 1 aliphatic rings. The lowest BCUT2D eigenvalue weighted by molar-refractivity contribution is 0.105. The molecule has 4 heteroatoms. The summed E-state index contributed by atoms with van der Waals surface area (Å²) in [4.78, 5) is 0. The average molecular weight is 309 g/mol. The van der Waals surface area contributed by atoms with Gasteiger partial charge in [0.15, 0.2) is 0 Å². The Morgan fingerprint density at radius 1 is 1.43 bits per heavy atom. The number of aliphatic hydroxyl groups is 1. The lowest BCUT2D eigenvalue weighted by Crippen LogP contribution is -2.39. The van der Waals surface area contributed by atoms with Gasteiger partial charge < -0.3 is 15.2 Å². The summed E-state index contributed by atoms with van der Waals surface area (Å²) in [6.45, 7) is 8.28. The maximum atomic E-state index is 10.0. The first-order valence-electron chi connectivity index (χ1n) is 7.71. The summed E-state index contributed by atoms with van der Waals surface area (Å²) in [5.41, 5.74) is 2.34. The van der Waals surface area contributed by atoms with E-state index in [2.05, 4.69) is 25.2 Å². The van der Waals surface area contributed by atoms with E-state index >= 15 is 0 Å². The number of rotatable bonds is 7. The van der Waals surface area contributed by atoms with Gasteiger partial charge in [-0.25, -0.2) is 0 Å². The second-order valence-corrected chi connectivity index (χ2v) is 7.95. The van der Waals surface area contributed by atoms with Gasteiger partial charge in [-0.15, -0.1) is 0 Å². The summed E-state index contributed by atoms with van der Waals surface area (Å²) < 4.78 is 6.05. The van der Waals surface area contributed by atoms with E-state index in [0.29, 0.717) is 17.9 Å². The summed E-state index contributed by atoms with van der Waals surface area (Å²) in [6.07, 6.45) is 2.10. The SMILES string of the molecule is Cc1ccc(OCC(O)CNCC2(C)CCCS2)c(C)c1. The summed E-state index contributed by atoms with van der Waals surface area (Å²) in [7, 11) is 0. The van der Waals surface area contributed by atoms with Crippen LogP contribution in [-0.4, -0.2) is 41.4 Å². The van der Waals surface area contributed by atoms with Crippen LogP contribution in [0.1, 0.15) is 30.9 Å². The van der Waals surface area contributed by atoms with Crippen molar-refractivity contribution in [2.75, 3.05) is 25.4 Å². The Morgan fingerprint density at radius 3 is 2.90 bits per heavy atom. The number of aryl methyl sites for hydroxylation is 2. The molecule has 1 aromatic rings. The molecule has 1 heterocycles. The molecule has 0 amide bonds. The first-order chi connectivity index (χ1) is 9.98. The molecular formula is C17H27NO2S. The van der Waals surface area contributed by atoms with Crippen molar-refractivity contribution in [2.45, 2.75) is 44.5 Å². The summed E-state index contributed by atoms with van der Waals surface area (Å²) in [5, 5.41) is 13.4. The lowest BCUT2D eigenvalue weighted by atomic mass is 10.1. The number of hydrogen-bond acceptors (Lipinski definition) is 4. The smallest absolute Gasteiger partial charge is 0.122 e. The van der Waals surface area contributed by atoms with Crippen LogP contribution < -0.4 is 10.1 Å². The molecule has 0 aliphatic carbocycles. The molecule has 1 fully saturated rings. The fourth-order valence-corrected chi connectivity index (χ4v) is 3.96. The van der Waals surface area contributed by atoms with E-state index in [-0.39, 0.29) is 0 Å². The predicted molar refractivity (Wildman–Crippen MR) is 90.4 cm³/mol. The van der Waals surface area contributed by atoms with Crippen LogP contribution >= 0.6 is 11.8 Å². The van der Waals surface area contributed by atoms with E-state index in [0.717, 1.165) is 17.9 Å². The first-order valence-corrected chi connectivity index (χ1v) is 8.70. The molecule has 2 N–H and O–H groups in total. The third-order valence-corrected chi connectivity index (χ3v) is 5.48. The Bertz CT molecular complexity index is 458. The van der Waals surface area contributed by atoms with Crippen molar-refractivity contribution < 1.29 is 9.84 Å². The van der Waals surface area contributed by atoms with Crippen molar-refractivity contribution in [3.63, 3.8) is 0 Å². The Balaban J connectivity index is 1.68. The van der Waals surface area contributed by atoms with Crippen LogP contribution in [0.25, 0.3) is 0 Å². The highest BCUT2D eigenvalue weighted by atomic mass is 32.2. The summed E-state index contributed by atoms with van der Waals surface area (Å²) in [5.74, 6) is 2.12. The van der Waals surface area contributed by atoms with Gasteiger partial charge in [-0.2, -0.15) is 11.8 Å². The normalized spacial score (nSPS) is 23.2. The molecule has 0 aromatic heterocycles. The number of aliphatic hydroxyl groups excluding tert-OH is 1. The fraction of sp³-hybridized carbons (Fsp3) is 0.647. The third-order valence-electron chi connectivity index (χ3n) is 3.94. The lowest BCUT2D eigenvalue weighted by Gasteiger charge is -2.24. The zero-order valence-electron chi connectivity index (χ0n) is 13.3. The summed E-state index contributed by atoms with van der Waals surface area (Å²) >= 11 is 2.03. The number of nitrogens with one attached hydrogen (secondary N) is 1. The van der Waals surface area contributed by atoms with Crippen LogP contribution in [0.5, 0.6) is 5.75 Å². The van der Waals surface area contributed by atoms with Crippen LogP contribution in [0.3, 0.4) is 0 Å². The van der Waals surface area contributed by atoms with E-state index < -0.39 is 6.10 Å². The summed E-state index contributed by atoms with van der Waals surface area (Å²) in [6, 6.07) is 6.10. The van der Waals surface area contributed by atoms with Crippen molar-refractivity contribution in [1.29, 1.82) is 0 Å². The molecule has 21 heavy (non-hydrogen) atoms. The van der Waals surface area contributed by atoms with E-state index in [1.54, 1.807) is 0 Å². The molecule has 1 aliphatic heterocycles. The van der Waals surface area contributed by atoms with E-state index in [4.69, 9.17) is 4.74 Å². The molecule has 118 valence electrons. The predicted octanol–water partition coefficient (Wildman–Crippen LogP) is 2.92. The molecule has 3 nitrogen and oxygen atoms in total. The molecule has 2 unspecified atom stereocenters. The second-order valence-electron chi connectivity index (χ2n) is 6.27. The quantitative estimate of drug-likeness (QED) is 0.812. The van der Waals surface area contributed by atoms with Crippen LogP contribution in [0, 0.1) is 13.8 Å². The van der Waals surface area contributed by atoms with Crippen molar-refractivity contribution in [2.24, 2.45) is 0 Å². The molecule has 0 saturated carbocycles. The molecule has 2 atom stereocenters. The van der Waals surface area contributed by atoms with Gasteiger partial charge in [-0.3, -0.25) is 0 Å². The Kier molecular flexibility index (Phi) is 5.97. The van der Waals surface area contributed by atoms with Gasteiger partial charge in [0, 0.05) is 17.8 Å². The molecule has 2 rings (SSSR count). The molecule has 1 aromatic carbocycles. The topological polar surface area (TPSA) is 41.5 Å². The highest BCUT2D eigenvalue weighted by Gasteiger charge is 2.28.